The van der Waals surface area contributed by atoms with Gasteiger partial charge in [-0.25, -0.2) is 4.39 Å². The van der Waals surface area contributed by atoms with E-state index in [9.17, 15) is 14.6 Å². The molecule has 4 heteroatoms. The lowest BCUT2D eigenvalue weighted by molar-refractivity contribution is 0.0664. The molecule has 0 spiro atoms. The highest BCUT2D eigenvalue weighted by atomic mass is 19.1. The summed E-state index contributed by atoms with van der Waals surface area (Å²) in [5.74, 6) is -0.00372. The van der Waals surface area contributed by atoms with Gasteiger partial charge in [0.1, 0.15) is 11.6 Å². The molecule has 0 radical (unpaired) electrons. The molecule has 0 saturated carbocycles. The number of halogens is 1. The second kappa shape index (κ2) is 6.46. The average molecular weight is 301 g/mol. The van der Waals surface area contributed by atoms with Crippen molar-refractivity contribution in [2.45, 2.75) is 25.5 Å². The van der Waals surface area contributed by atoms with Gasteiger partial charge >= 0.3 is 0 Å². The van der Waals surface area contributed by atoms with Crippen LogP contribution in [0.5, 0.6) is 5.75 Å². The summed E-state index contributed by atoms with van der Waals surface area (Å²) in [4.78, 5) is 2.15. The summed E-state index contributed by atoms with van der Waals surface area (Å²) in [6, 6.07) is 11.8. The Morgan fingerprint density at radius 1 is 1.09 bits per heavy atom. The molecule has 0 aliphatic carbocycles. The molecular formula is C18H20FNO2. The van der Waals surface area contributed by atoms with E-state index >= 15 is 0 Å². The van der Waals surface area contributed by atoms with Gasteiger partial charge in [0.25, 0.3) is 0 Å². The van der Waals surface area contributed by atoms with E-state index in [0.717, 1.165) is 36.1 Å². The number of benzene rings is 2. The smallest absolute Gasteiger partial charge is 0.123 e. The normalized spacial score (nSPS) is 19.3. The van der Waals surface area contributed by atoms with Crippen molar-refractivity contribution in [1.29, 1.82) is 0 Å². The summed E-state index contributed by atoms with van der Waals surface area (Å²) in [6.07, 6.45) is 1.54. The number of phenols is 1. The quantitative estimate of drug-likeness (QED) is 0.915. The van der Waals surface area contributed by atoms with Crippen LogP contribution in [0.4, 0.5) is 4.39 Å². The monoisotopic (exact) mass is 301 g/mol. The van der Waals surface area contributed by atoms with Gasteiger partial charge in [-0.15, -0.1) is 0 Å². The van der Waals surface area contributed by atoms with Crippen molar-refractivity contribution in [3.05, 3.63) is 53.8 Å². The van der Waals surface area contributed by atoms with Crippen LogP contribution in [-0.4, -0.2) is 34.3 Å². The third-order valence-corrected chi connectivity index (χ3v) is 4.13. The predicted molar refractivity (Wildman–Crippen MR) is 84.0 cm³/mol. The number of likely N-dealkylation sites (tertiary alicyclic amines) is 1. The molecule has 116 valence electrons. The van der Waals surface area contributed by atoms with Crippen LogP contribution in [0.15, 0.2) is 42.5 Å². The van der Waals surface area contributed by atoms with Crippen molar-refractivity contribution >= 4 is 0 Å². The highest BCUT2D eigenvalue weighted by Gasteiger charge is 2.18. The lowest BCUT2D eigenvalue weighted by Gasteiger charge is -2.30. The molecule has 2 N–H and O–H groups in total. The number of hydrogen-bond donors (Lipinski definition) is 2. The van der Waals surface area contributed by atoms with Crippen LogP contribution in [0.25, 0.3) is 11.1 Å². The lowest BCUT2D eigenvalue weighted by atomic mass is 10.0. The van der Waals surface area contributed by atoms with E-state index in [1.54, 1.807) is 18.2 Å². The topological polar surface area (TPSA) is 43.7 Å². The first-order chi connectivity index (χ1) is 10.6. The fourth-order valence-corrected chi connectivity index (χ4v) is 2.95. The summed E-state index contributed by atoms with van der Waals surface area (Å²) in [5, 5.41) is 19.8. The van der Waals surface area contributed by atoms with E-state index in [4.69, 9.17) is 0 Å². The molecule has 1 saturated heterocycles. The van der Waals surface area contributed by atoms with E-state index < -0.39 is 0 Å². The van der Waals surface area contributed by atoms with Crippen molar-refractivity contribution in [3.63, 3.8) is 0 Å². The van der Waals surface area contributed by atoms with Gasteiger partial charge in [-0.3, -0.25) is 4.90 Å². The third kappa shape index (κ3) is 3.46. The highest BCUT2D eigenvalue weighted by Crippen LogP contribution is 2.28. The van der Waals surface area contributed by atoms with E-state index in [1.165, 1.54) is 12.1 Å². The summed E-state index contributed by atoms with van der Waals surface area (Å²) in [6.45, 7) is 2.18. The SMILES string of the molecule is Oc1ccc(-c2ccc(F)cc2)cc1CN1CCC[C@H](O)C1. The Balaban J connectivity index is 1.82. The molecule has 3 nitrogen and oxygen atoms in total. The van der Waals surface area contributed by atoms with Crippen molar-refractivity contribution in [2.24, 2.45) is 0 Å². The molecule has 1 fully saturated rings. The first-order valence-electron chi connectivity index (χ1n) is 7.60. The van der Waals surface area contributed by atoms with Crippen LogP contribution in [0, 0.1) is 5.82 Å². The second-order valence-corrected chi connectivity index (χ2v) is 5.88. The van der Waals surface area contributed by atoms with Gasteiger partial charge in [0.15, 0.2) is 0 Å². The molecule has 22 heavy (non-hydrogen) atoms. The summed E-state index contributed by atoms with van der Waals surface area (Å²) in [5.41, 5.74) is 2.70. The van der Waals surface area contributed by atoms with Crippen molar-refractivity contribution < 1.29 is 14.6 Å². The molecule has 1 heterocycles. The predicted octanol–water partition coefficient (Wildman–Crippen LogP) is 3.16. The minimum Gasteiger partial charge on any atom is -0.508 e. The fraction of sp³-hybridized carbons (Fsp3) is 0.333. The van der Waals surface area contributed by atoms with Crippen molar-refractivity contribution in [3.8, 4) is 16.9 Å². The van der Waals surface area contributed by atoms with Gasteiger partial charge in [0, 0.05) is 18.7 Å². The van der Waals surface area contributed by atoms with Crippen LogP contribution in [0.1, 0.15) is 18.4 Å². The summed E-state index contributed by atoms with van der Waals surface area (Å²) >= 11 is 0. The third-order valence-electron chi connectivity index (χ3n) is 4.13. The number of rotatable bonds is 3. The maximum Gasteiger partial charge on any atom is 0.123 e. The van der Waals surface area contributed by atoms with Crippen LogP contribution >= 0.6 is 0 Å². The van der Waals surface area contributed by atoms with E-state index in [-0.39, 0.29) is 17.7 Å². The van der Waals surface area contributed by atoms with Crippen LogP contribution in [0.2, 0.25) is 0 Å². The van der Waals surface area contributed by atoms with E-state index in [1.807, 2.05) is 12.1 Å². The molecule has 1 atom stereocenters. The first kappa shape index (κ1) is 15.0. The molecule has 3 rings (SSSR count). The molecule has 0 amide bonds. The summed E-state index contributed by atoms with van der Waals surface area (Å²) in [7, 11) is 0. The number of aromatic hydroxyl groups is 1. The molecule has 0 bridgehead atoms. The van der Waals surface area contributed by atoms with Crippen molar-refractivity contribution in [1.82, 2.24) is 4.90 Å². The minimum atomic E-state index is -0.281. The summed E-state index contributed by atoms with van der Waals surface area (Å²) < 4.78 is 13.0. The average Bonchev–Trinajstić information content (AvgIpc) is 2.50. The Kier molecular flexibility index (Phi) is 4.41. The molecular weight excluding hydrogens is 281 g/mol. The Morgan fingerprint density at radius 2 is 1.82 bits per heavy atom. The Bertz CT molecular complexity index is 642. The highest BCUT2D eigenvalue weighted by molar-refractivity contribution is 5.65. The number of phenolic OH excluding ortho intramolecular Hbond substituents is 1. The fourth-order valence-electron chi connectivity index (χ4n) is 2.95. The Hall–Kier alpha value is -1.91. The molecule has 1 aliphatic rings. The Labute approximate surface area is 129 Å². The standard InChI is InChI=1S/C18H20FNO2/c19-16-6-3-13(4-7-16)14-5-8-18(22)15(10-14)11-20-9-1-2-17(21)12-20/h3-8,10,17,21-22H,1-2,9,11-12H2/t17-/m0/s1. The van der Waals surface area contributed by atoms with Gasteiger partial charge in [0.05, 0.1) is 6.10 Å². The van der Waals surface area contributed by atoms with Crippen molar-refractivity contribution in [2.75, 3.05) is 13.1 Å². The molecule has 0 unspecified atom stereocenters. The minimum absolute atomic E-state index is 0.255. The maximum atomic E-state index is 13.0. The van der Waals surface area contributed by atoms with E-state index in [2.05, 4.69) is 4.90 Å². The number of piperidine rings is 1. The van der Waals surface area contributed by atoms with Crippen LogP contribution < -0.4 is 0 Å². The number of aliphatic hydroxyl groups excluding tert-OH is 1. The van der Waals surface area contributed by atoms with E-state index in [0.29, 0.717) is 13.1 Å². The zero-order valence-corrected chi connectivity index (χ0v) is 12.4. The van der Waals surface area contributed by atoms with Gasteiger partial charge in [-0.1, -0.05) is 18.2 Å². The van der Waals surface area contributed by atoms with Gasteiger partial charge in [-0.05, 0) is 54.8 Å². The van der Waals surface area contributed by atoms with Crippen LogP contribution in [-0.2, 0) is 6.54 Å². The lowest BCUT2D eigenvalue weighted by Crippen LogP contribution is -2.37. The number of nitrogens with zero attached hydrogens (tertiary/aromatic N) is 1. The number of β-amino-alcohol motifs (C(OH)–C–C–N with tert-alkyl or cyclic N) is 1. The Morgan fingerprint density at radius 3 is 2.55 bits per heavy atom. The van der Waals surface area contributed by atoms with Crippen LogP contribution in [0.3, 0.4) is 0 Å². The van der Waals surface area contributed by atoms with Gasteiger partial charge in [-0.2, -0.15) is 0 Å². The largest absolute Gasteiger partial charge is 0.508 e. The maximum absolute atomic E-state index is 13.0. The molecule has 1 aliphatic heterocycles. The second-order valence-electron chi connectivity index (χ2n) is 5.88. The molecule has 2 aromatic rings. The number of hydrogen-bond acceptors (Lipinski definition) is 3. The van der Waals surface area contributed by atoms with Gasteiger partial charge < -0.3 is 10.2 Å². The number of aliphatic hydroxyl groups is 1. The zero-order valence-electron chi connectivity index (χ0n) is 12.4. The molecule has 2 aromatic carbocycles. The first-order valence-corrected chi connectivity index (χ1v) is 7.60. The zero-order chi connectivity index (χ0) is 15.5. The molecule has 0 aromatic heterocycles. The van der Waals surface area contributed by atoms with Gasteiger partial charge in [0.2, 0.25) is 0 Å².